The molecule has 1 aliphatic carbocycles. The monoisotopic (exact) mass is 993 g/mol. The normalized spacial score (nSPS) is 12.3. The minimum Gasteiger partial charge on any atom is -0.493 e. The lowest BCUT2D eigenvalue weighted by atomic mass is 9.88. The van der Waals surface area contributed by atoms with Crippen LogP contribution < -0.4 is 18.9 Å². The Balaban J connectivity index is 1.73. The number of hydrogen-bond donors (Lipinski definition) is 4. The molecule has 4 N–H and O–H groups in total. The zero-order valence-electron chi connectivity index (χ0n) is 45.5. The lowest BCUT2D eigenvalue weighted by molar-refractivity contribution is 0.278. The third-order valence-electron chi connectivity index (χ3n) is 14.4. The smallest absolute Gasteiger partial charge is 0.126 e. The van der Waals surface area contributed by atoms with E-state index in [2.05, 4.69) is 76.2 Å². The van der Waals surface area contributed by atoms with E-state index in [-0.39, 0.29) is 26.4 Å². The summed E-state index contributed by atoms with van der Waals surface area (Å²) in [6.07, 6.45) is 29.4. The van der Waals surface area contributed by atoms with E-state index in [1.54, 1.807) is 0 Å². The number of hydrogen-bond acceptors (Lipinski definition) is 8. The highest BCUT2D eigenvalue weighted by atomic mass is 16.5. The van der Waals surface area contributed by atoms with E-state index in [0.717, 1.165) is 141 Å². The van der Waals surface area contributed by atoms with Crippen molar-refractivity contribution in [3.8, 4) is 23.0 Å². The lowest BCUT2D eigenvalue weighted by Gasteiger charge is -2.25. The van der Waals surface area contributed by atoms with Gasteiger partial charge in [-0.3, -0.25) is 0 Å². The van der Waals surface area contributed by atoms with Crippen LogP contribution in [0.3, 0.4) is 0 Å². The van der Waals surface area contributed by atoms with Crippen LogP contribution in [-0.4, -0.2) is 46.9 Å². The maximum absolute atomic E-state index is 10.9. The van der Waals surface area contributed by atoms with Crippen molar-refractivity contribution < 1.29 is 39.4 Å². The average molecular weight is 993 g/mol. The highest BCUT2D eigenvalue weighted by molar-refractivity contribution is 5.58. The van der Waals surface area contributed by atoms with Crippen molar-refractivity contribution >= 4 is 0 Å². The van der Waals surface area contributed by atoms with Crippen LogP contribution in [0.5, 0.6) is 23.0 Å². The zero-order valence-corrected chi connectivity index (χ0v) is 45.5. The van der Waals surface area contributed by atoms with Gasteiger partial charge < -0.3 is 39.4 Å². The van der Waals surface area contributed by atoms with Crippen molar-refractivity contribution in [1.82, 2.24) is 0 Å². The summed E-state index contributed by atoms with van der Waals surface area (Å²) in [5, 5.41) is 43.7. The van der Waals surface area contributed by atoms with Crippen molar-refractivity contribution in [2.75, 3.05) is 26.4 Å². The molecule has 8 heteroatoms. The Morgan fingerprint density at radius 3 is 0.597 bits per heavy atom. The van der Waals surface area contributed by atoms with E-state index in [0.29, 0.717) is 52.1 Å². The SMILES string of the molecule is CCCCCCCCOc1c2cc(CO)cc1Cc1cc(CO)cc(c1OCCCCCCCC)Cc1cc(CO)cc(c1OCCCCCCCC)Cc1cc(CO)cc(c1OCCCCCCCC)C2. The first-order valence-electron chi connectivity index (χ1n) is 28.9. The number of benzene rings is 4. The second-order valence-electron chi connectivity index (χ2n) is 20.8. The maximum atomic E-state index is 10.9. The summed E-state index contributed by atoms with van der Waals surface area (Å²) >= 11 is 0. The van der Waals surface area contributed by atoms with E-state index in [4.69, 9.17) is 18.9 Å². The Kier molecular flexibility index (Phi) is 28.1. The number of fused-ring (bicyclic) bond motifs is 8. The molecule has 0 saturated carbocycles. The van der Waals surface area contributed by atoms with Crippen LogP contribution in [0.25, 0.3) is 0 Å². The summed E-state index contributed by atoms with van der Waals surface area (Å²) in [5.41, 5.74) is 10.9. The van der Waals surface area contributed by atoms with Gasteiger partial charge >= 0.3 is 0 Å². The van der Waals surface area contributed by atoms with Crippen LogP contribution >= 0.6 is 0 Å². The van der Waals surface area contributed by atoms with Crippen molar-refractivity contribution in [2.45, 2.75) is 234 Å². The fourth-order valence-electron chi connectivity index (χ4n) is 10.5. The Hall–Kier alpha value is -4.08. The molecular formula is C64H96O8. The molecule has 0 saturated heterocycles. The standard InChI is InChI=1S/C64H96O8/c1-5-9-13-17-21-25-29-69-61-53-33-49(45-65)34-54(61)42-56-36-51(47-67)38-58(63(56)71-31-27-23-19-15-11-7-3)44-60-40-52(48-68)39-59(64(60)72-32-28-24-20-16-12-8-4)43-57-37-50(46-66)35-55(41-53)62(57)70-30-26-22-18-14-10-6-2/h33-40,65-68H,5-32,41-48H2,1-4H3. The Bertz CT molecular complexity index is 1750. The molecular weight excluding hydrogens is 897 g/mol. The Morgan fingerprint density at radius 1 is 0.264 bits per heavy atom. The van der Waals surface area contributed by atoms with Crippen molar-refractivity contribution in [3.05, 3.63) is 115 Å². The van der Waals surface area contributed by atoms with Gasteiger partial charge in [0.15, 0.2) is 0 Å². The van der Waals surface area contributed by atoms with Crippen LogP contribution in [0.4, 0.5) is 0 Å². The topological polar surface area (TPSA) is 118 Å². The van der Waals surface area contributed by atoms with Crippen LogP contribution in [0.1, 0.15) is 249 Å². The van der Waals surface area contributed by atoms with Crippen molar-refractivity contribution in [3.63, 3.8) is 0 Å². The molecule has 0 amide bonds. The van der Waals surface area contributed by atoms with Gasteiger partial charge in [-0.15, -0.1) is 0 Å². The molecule has 400 valence electrons. The van der Waals surface area contributed by atoms with Crippen LogP contribution in [0.15, 0.2) is 48.5 Å². The summed E-state index contributed by atoms with van der Waals surface area (Å²) in [7, 11) is 0. The van der Waals surface area contributed by atoms with E-state index in [9.17, 15) is 20.4 Å². The van der Waals surface area contributed by atoms with Gasteiger partial charge in [0.1, 0.15) is 23.0 Å². The van der Waals surface area contributed by atoms with Crippen molar-refractivity contribution in [1.29, 1.82) is 0 Å². The van der Waals surface area contributed by atoms with E-state index in [1.807, 2.05) is 0 Å². The molecule has 8 bridgehead atoms. The second-order valence-corrected chi connectivity index (χ2v) is 20.8. The summed E-state index contributed by atoms with van der Waals surface area (Å²) < 4.78 is 28.0. The minimum absolute atomic E-state index is 0.131. The predicted molar refractivity (Wildman–Crippen MR) is 296 cm³/mol. The largest absolute Gasteiger partial charge is 0.493 e. The first kappa shape index (κ1) is 58.8. The van der Waals surface area contributed by atoms with Gasteiger partial charge in [-0.1, -0.05) is 156 Å². The molecule has 0 spiro atoms. The minimum atomic E-state index is -0.131. The average Bonchev–Trinajstić information content (AvgIpc) is 3.39. The maximum Gasteiger partial charge on any atom is 0.126 e. The zero-order chi connectivity index (χ0) is 51.2. The lowest BCUT2D eigenvalue weighted by Crippen LogP contribution is -2.12. The summed E-state index contributed by atoms with van der Waals surface area (Å²) in [4.78, 5) is 0. The van der Waals surface area contributed by atoms with Gasteiger partial charge in [0, 0.05) is 25.7 Å². The predicted octanol–water partition coefficient (Wildman–Crippen LogP) is 15.3. The molecule has 0 unspecified atom stereocenters. The molecule has 0 radical (unpaired) electrons. The first-order chi connectivity index (χ1) is 35.4. The van der Waals surface area contributed by atoms with E-state index >= 15 is 0 Å². The Labute approximate surface area is 436 Å². The fourth-order valence-corrected chi connectivity index (χ4v) is 10.5. The number of aliphatic hydroxyl groups is 4. The molecule has 0 heterocycles. The number of unbranched alkanes of at least 4 members (excludes halogenated alkanes) is 20. The van der Waals surface area contributed by atoms with E-state index in [1.165, 1.54) is 103 Å². The highest BCUT2D eigenvalue weighted by Crippen LogP contribution is 2.41. The molecule has 4 aromatic carbocycles. The van der Waals surface area contributed by atoms with Crippen LogP contribution in [0.2, 0.25) is 0 Å². The number of rotatable bonds is 36. The van der Waals surface area contributed by atoms with Crippen molar-refractivity contribution in [2.24, 2.45) is 0 Å². The molecule has 5 rings (SSSR count). The Morgan fingerprint density at radius 2 is 0.431 bits per heavy atom. The summed E-state index contributed by atoms with van der Waals surface area (Å²) in [6.45, 7) is 10.7. The quantitative estimate of drug-likeness (QED) is 0.0293. The molecule has 0 aromatic heterocycles. The van der Waals surface area contributed by atoms with Crippen LogP contribution in [0, 0.1) is 0 Å². The first-order valence-corrected chi connectivity index (χ1v) is 28.9. The van der Waals surface area contributed by atoms with E-state index < -0.39 is 0 Å². The highest BCUT2D eigenvalue weighted by Gasteiger charge is 2.25. The number of aliphatic hydroxyl groups excluding tert-OH is 4. The summed E-state index contributed by atoms with van der Waals surface area (Å²) in [5.74, 6) is 3.25. The molecule has 0 aliphatic heterocycles. The van der Waals surface area contributed by atoms with Gasteiger partial charge in [-0.05, 0) is 141 Å². The molecule has 0 atom stereocenters. The fraction of sp³-hybridized carbons (Fsp3) is 0.625. The molecule has 0 fully saturated rings. The molecule has 72 heavy (non-hydrogen) atoms. The molecule has 1 aliphatic rings. The van der Waals surface area contributed by atoms with Gasteiger partial charge in [0.25, 0.3) is 0 Å². The third kappa shape index (κ3) is 19.3. The van der Waals surface area contributed by atoms with Crippen LogP contribution in [-0.2, 0) is 52.1 Å². The van der Waals surface area contributed by atoms with Gasteiger partial charge in [-0.2, -0.15) is 0 Å². The van der Waals surface area contributed by atoms with Gasteiger partial charge in [0.2, 0.25) is 0 Å². The van der Waals surface area contributed by atoms with Gasteiger partial charge in [-0.25, -0.2) is 0 Å². The number of ether oxygens (including phenoxy) is 4. The molecule has 8 nitrogen and oxygen atoms in total. The summed E-state index contributed by atoms with van der Waals surface area (Å²) in [6, 6.07) is 16.7. The van der Waals surface area contributed by atoms with Gasteiger partial charge in [0.05, 0.1) is 52.9 Å². The second kappa shape index (κ2) is 34.4. The third-order valence-corrected chi connectivity index (χ3v) is 14.4. The molecule has 4 aromatic rings.